The minimum Gasteiger partial charge on any atom is -0.146 e. The van der Waals surface area contributed by atoms with Gasteiger partial charge in [-0.15, -0.1) is 9.60 Å². The highest BCUT2D eigenvalue weighted by atomic mass is 19.2. The molecule has 0 atom stereocenters. The highest BCUT2D eigenvalue weighted by Gasteiger charge is 2.19. The first-order valence-corrected chi connectivity index (χ1v) is 4.23. The molecule has 1 nitrogen and oxygen atoms in total. The van der Waals surface area contributed by atoms with E-state index in [4.69, 9.17) is 0 Å². The zero-order chi connectivity index (χ0) is 7.40. The lowest BCUT2D eigenvalue weighted by Crippen LogP contribution is -2.27. The maximum Gasteiger partial charge on any atom is 0.0318 e. The van der Waals surface area contributed by atoms with Crippen molar-refractivity contribution in [1.82, 2.24) is 5.12 Å². The molecule has 2 heteroatoms. The van der Waals surface area contributed by atoms with Gasteiger partial charge in [-0.1, -0.05) is 13.3 Å². The maximum atomic E-state index is 12.7. The first-order chi connectivity index (χ1) is 4.83. The Hall–Kier alpha value is -0.110. The summed E-state index contributed by atoms with van der Waals surface area (Å²) in [6.45, 7) is 3.29. The third kappa shape index (κ3) is 2.25. The minimum atomic E-state index is 0.608. The molecule has 1 saturated carbocycles. The molecule has 0 unspecified atom stereocenters. The molecular weight excluding hydrogens is 129 g/mol. The van der Waals surface area contributed by atoms with Crippen molar-refractivity contribution in [1.29, 1.82) is 0 Å². The standard InChI is InChI=1S/C8H16FN/c1-2-6-10(9)7-8-4-3-5-8/h8H,2-7H2,1H3. The molecule has 0 spiro atoms. The van der Waals surface area contributed by atoms with Crippen LogP contribution in [0.15, 0.2) is 0 Å². The molecule has 60 valence electrons. The Morgan fingerprint density at radius 1 is 1.50 bits per heavy atom. The van der Waals surface area contributed by atoms with Crippen LogP contribution in [0.2, 0.25) is 0 Å². The SMILES string of the molecule is CCCN(F)CC1CCC1. The molecule has 0 heterocycles. The van der Waals surface area contributed by atoms with E-state index in [2.05, 4.69) is 0 Å². The van der Waals surface area contributed by atoms with Crippen molar-refractivity contribution in [2.24, 2.45) is 5.92 Å². The van der Waals surface area contributed by atoms with E-state index in [0.717, 1.165) is 11.5 Å². The van der Waals surface area contributed by atoms with Crippen LogP contribution >= 0.6 is 0 Å². The molecule has 0 amide bonds. The molecule has 0 aromatic carbocycles. The van der Waals surface area contributed by atoms with Gasteiger partial charge in [-0.3, -0.25) is 0 Å². The van der Waals surface area contributed by atoms with E-state index in [1.54, 1.807) is 0 Å². The molecule has 0 aromatic heterocycles. The molecule has 1 fully saturated rings. The van der Waals surface area contributed by atoms with Crippen LogP contribution in [0.4, 0.5) is 4.48 Å². The highest BCUT2D eigenvalue weighted by molar-refractivity contribution is 4.70. The van der Waals surface area contributed by atoms with Gasteiger partial charge < -0.3 is 0 Å². The smallest absolute Gasteiger partial charge is 0.0318 e. The number of hydrogen-bond acceptors (Lipinski definition) is 1. The van der Waals surface area contributed by atoms with Crippen LogP contribution in [0.5, 0.6) is 0 Å². The Labute approximate surface area is 62.1 Å². The average molecular weight is 145 g/mol. The molecule has 10 heavy (non-hydrogen) atoms. The number of hydrogen-bond donors (Lipinski definition) is 0. The summed E-state index contributed by atoms with van der Waals surface area (Å²) < 4.78 is 12.7. The topological polar surface area (TPSA) is 3.24 Å². The molecule has 0 radical (unpaired) electrons. The third-order valence-corrected chi connectivity index (χ3v) is 2.15. The Balaban J connectivity index is 1.99. The molecule has 1 aliphatic rings. The van der Waals surface area contributed by atoms with Crippen molar-refractivity contribution in [3.63, 3.8) is 0 Å². The van der Waals surface area contributed by atoms with Crippen LogP contribution in [0.1, 0.15) is 32.6 Å². The third-order valence-electron chi connectivity index (χ3n) is 2.15. The zero-order valence-corrected chi connectivity index (χ0v) is 6.65. The van der Waals surface area contributed by atoms with Gasteiger partial charge in [-0.05, 0) is 25.2 Å². The fourth-order valence-corrected chi connectivity index (χ4v) is 1.29. The highest BCUT2D eigenvalue weighted by Crippen LogP contribution is 2.27. The summed E-state index contributed by atoms with van der Waals surface area (Å²) in [5, 5.41) is 0.962. The molecular formula is C8H16FN. The van der Waals surface area contributed by atoms with Gasteiger partial charge in [0, 0.05) is 13.1 Å². The van der Waals surface area contributed by atoms with E-state index >= 15 is 0 Å². The summed E-state index contributed by atoms with van der Waals surface area (Å²) >= 11 is 0. The molecule has 0 aliphatic heterocycles. The van der Waals surface area contributed by atoms with Crippen molar-refractivity contribution in [3.05, 3.63) is 0 Å². The van der Waals surface area contributed by atoms with Crippen molar-refractivity contribution >= 4 is 0 Å². The van der Waals surface area contributed by atoms with Crippen LogP contribution in [-0.2, 0) is 0 Å². The summed E-state index contributed by atoms with van der Waals surface area (Å²) in [5.74, 6) is 0.663. The predicted octanol–water partition coefficient (Wildman–Crippen LogP) is 2.38. The van der Waals surface area contributed by atoms with E-state index in [1.165, 1.54) is 19.3 Å². The van der Waals surface area contributed by atoms with Crippen LogP contribution in [0.25, 0.3) is 0 Å². The van der Waals surface area contributed by atoms with Gasteiger partial charge >= 0.3 is 0 Å². The van der Waals surface area contributed by atoms with Crippen molar-refractivity contribution < 1.29 is 4.48 Å². The second-order valence-corrected chi connectivity index (χ2v) is 3.17. The van der Waals surface area contributed by atoms with E-state index in [-0.39, 0.29) is 0 Å². The molecule has 1 aliphatic carbocycles. The average Bonchev–Trinajstić information content (AvgIpc) is 1.80. The molecule has 0 N–H and O–H groups in total. The van der Waals surface area contributed by atoms with E-state index in [0.29, 0.717) is 19.0 Å². The summed E-state index contributed by atoms with van der Waals surface area (Å²) in [5.41, 5.74) is 0. The predicted molar refractivity (Wildman–Crippen MR) is 40.3 cm³/mol. The zero-order valence-electron chi connectivity index (χ0n) is 6.65. The largest absolute Gasteiger partial charge is 0.146 e. The minimum absolute atomic E-state index is 0.608. The Morgan fingerprint density at radius 2 is 2.20 bits per heavy atom. The molecule has 0 saturated heterocycles. The maximum absolute atomic E-state index is 12.7. The van der Waals surface area contributed by atoms with Crippen LogP contribution in [0.3, 0.4) is 0 Å². The number of rotatable bonds is 4. The lowest BCUT2D eigenvalue weighted by Gasteiger charge is -2.27. The summed E-state index contributed by atoms with van der Waals surface area (Å²) in [6, 6.07) is 0. The van der Waals surface area contributed by atoms with Crippen molar-refractivity contribution in [3.8, 4) is 0 Å². The fourth-order valence-electron chi connectivity index (χ4n) is 1.29. The number of halogens is 1. The fraction of sp³-hybridized carbons (Fsp3) is 1.00. The summed E-state index contributed by atoms with van der Waals surface area (Å²) in [7, 11) is 0. The van der Waals surface area contributed by atoms with Crippen molar-refractivity contribution in [2.45, 2.75) is 32.6 Å². The second-order valence-electron chi connectivity index (χ2n) is 3.17. The number of nitrogens with zero attached hydrogens (tertiary/aromatic N) is 1. The van der Waals surface area contributed by atoms with Crippen molar-refractivity contribution in [2.75, 3.05) is 13.1 Å². The first kappa shape index (κ1) is 7.99. The lowest BCUT2D eigenvalue weighted by atomic mass is 9.85. The van der Waals surface area contributed by atoms with Gasteiger partial charge in [0.1, 0.15) is 0 Å². The first-order valence-electron chi connectivity index (χ1n) is 4.23. The normalized spacial score (nSPS) is 19.5. The molecule has 0 aromatic rings. The van der Waals surface area contributed by atoms with Gasteiger partial charge in [0.05, 0.1) is 0 Å². The van der Waals surface area contributed by atoms with Gasteiger partial charge in [0.15, 0.2) is 0 Å². The molecule has 0 bridgehead atoms. The molecule has 1 rings (SSSR count). The van der Waals surface area contributed by atoms with Crippen LogP contribution in [-0.4, -0.2) is 18.2 Å². The van der Waals surface area contributed by atoms with Crippen LogP contribution in [0, 0.1) is 5.92 Å². The lowest BCUT2D eigenvalue weighted by molar-refractivity contribution is -0.00399. The summed E-state index contributed by atoms with van der Waals surface area (Å²) in [6.07, 6.45) is 4.71. The van der Waals surface area contributed by atoms with Crippen LogP contribution < -0.4 is 0 Å². The van der Waals surface area contributed by atoms with Gasteiger partial charge in [0.2, 0.25) is 0 Å². The summed E-state index contributed by atoms with van der Waals surface area (Å²) in [4.78, 5) is 0. The monoisotopic (exact) mass is 145 g/mol. The Kier molecular flexibility index (Phi) is 3.13. The van der Waals surface area contributed by atoms with Gasteiger partial charge in [0.25, 0.3) is 0 Å². The Bertz CT molecular complexity index is 91.3. The second kappa shape index (κ2) is 3.91. The van der Waals surface area contributed by atoms with Gasteiger partial charge in [-0.25, -0.2) is 0 Å². The van der Waals surface area contributed by atoms with E-state index < -0.39 is 0 Å². The quantitative estimate of drug-likeness (QED) is 0.549. The van der Waals surface area contributed by atoms with E-state index in [1.807, 2.05) is 6.92 Å². The Morgan fingerprint density at radius 3 is 2.60 bits per heavy atom. The van der Waals surface area contributed by atoms with Gasteiger partial charge in [-0.2, -0.15) is 0 Å². The van der Waals surface area contributed by atoms with E-state index in [9.17, 15) is 4.48 Å².